The van der Waals surface area contributed by atoms with Gasteiger partial charge in [0.1, 0.15) is 0 Å². The van der Waals surface area contributed by atoms with Crippen LogP contribution in [0.3, 0.4) is 0 Å². The van der Waals surface area contributed by atoms with Crippen molar-refractivity contribution in [3.05, 3.63) is 35.2 Å². The third-order valence-corrected chi connectivity index (χ3v) is 5.33. The van der Waals surface area contributed by atoms with Gasteiger partial charge in [0.2, 0.25) is 0 Å². The fraction of sp³-hybridized carbons (Fsp3) is 0.467. The zero-order chi connectivity index (χ0) is 13.9. The van der Waals surface area contributed by atoms with Gasteiger partial charge in [-0.05, 0) is 37.6 Å². The summed E-state index contributed by atoms with van der Waals surface area (Å²) >= 11 is 3.49. The lowest BCUT2D eigenvalue weighted by Crippen LogP contribution is -2.40. The first-order chi connectivity index (χ1) is 9.02. The number of rotatable bonds is 6. The number of thioether (sulfide) groups is 1. The maximum Gasteiger partial charge on any atom is 0.0833 e. The van der Waals surface area contributed by atoms with E-state index in [0.717, 1.165) is 5.75 Å². The number of nitrogens with one attached hydrogen (secondary N) is 1. The van der Waals surface area contributed by atoms with E-state index in [1.54, 1.807) is 11.8 Å². The lowest BCUT2D eigenvalue weighted by atomic mass is 10.1. The van der Waals surface area contributed by atoms with Gasteiger partial charge in [-0.25, -0.2) is 0 Å². The van der Waals surface area contributed by atoms with E-state index in [2.05, 4.69) is 42.6 Å². The molecule has 2 rings (SSSR count). The molecular formula is C15H21NOS2. The molecular weight excluding hydrogens is 274 g/mol. The Bertz CT molecular complexity index is 503. The van der Waals surface area contributed by atoms with Gasteiger partial charge in [0.25, 0.3) is 0 Å². The van der Waals surface area contributed by atoms with Gasteiger partial charge in [-0.3, -0.25) is 0 Å². The van der Waals surface area contributed by atoms with Crippen molar-refractivity contribution in [2.24, 2.45) is 0 Å². The van der Waals surface area contributed by atoms with Gasteiger partial charge >= 0.3 is 0 Å². The van der Waals surface area contributed by atoms with Crippen LogP contribution in [0.4, 0.5) is 0 Å². The van der Waals surface area contributed by atoms with Crippen molar-refractivity contribution >= 4 is 33.2 Å². The Morgan fingerprint density at radius 2 is 2.16 bits per heavy atom. The summed E-state index contributed by atoms with van der Waals surface area (Å²) in [5.74, 6) is 0.749. The van der Waals surface area contributed by atoms with Crippen molar-refractivity contribution in [3.8, 4) is 0 Å². The zero-order valence-electron chi connectivity index (χ0n) is 11.6. The molecule has 0 saturated carbocycles. The van der Waals surface area contributed by atoms with Gasteiger partial charge < -0.3 is 10.4 Å². The Morgan fingerprint density at radius 1 is 1.42 bits per heavy atom. The van der Waals surface area contributed by atoms with Crippen molar-refractivity contribution in [2.45, 2.75) is 25.5 Å². The summed E-state index contributed by atoms with van der Waals surface area (Å²) in [4.78, 5) is 1.32. The van der Waals surface area contributed by atoms with E-state index >= 15 is 0 Å². The molecule has 2 nitrogen and oxygen atoms in total. The van der Waals surface area contributed by atoms with Gasteiger partial charge in [-0.1, -0.05) is 18.2 Å². The van der Waals surface area contributed by atoms with Gasteiger partial charge in [0, 0.05) is 27.9 Å². The third kappa shape index (κ3) is 3.96. The van der Waals surface area contributed by atoms with E-state index in [0.29, 0.717) is 6.54 Å². The molecule has 1 aromatic heterocycles. The van der Waals surface area contributed by atoms with Crippen molar-refractivity contribution < 1.29 is 5.11 Å². The average Bonchev–Trinajstić information content (AvgIpc) is 2.79. The molecule has 104 valence electrons. The standard InChI is InChI=1S/C15H21NOS2/c1-11(16-9-15(2,17)10-18-3)14-8-12-6-4-5-7-13(12)19-14/h4-8,11,16-17H,9-10H2,1-3H3. The molecule has 0 aliphatic heterocycles. The maximum atomic E-state index is 10.2. The van der Waals surface area contributed by atoms with Gasteiger partial charge in [-0.2, -0.15) is 11.8 Å². The lowest BCUT2D eigenvalue weighted by Gasteiger charge is -2.24. The molecule has 19 heavy (non-hydrogen) atoms. The Labute approximate surface area is 123 Å². The summed E-state index contributed by atoms with van der Waals surface area (Å²) < 4.78 is 1.32. The van der Waals surface area contributed by atoms with Crippen LogP contribution in [-0.4, -0.2) is 29.3 Å². The quantitative estimate of drug-likeness (QED) is 0.853. The second kappa shape index (κ2) is 6.27. The van der Waals surface area contributed by atoms with E-state index in [9.17, 15) is 5.11 Å². The minimum absolute atomic E-state index is 0.269. The molecule has 1 heterocycles. The second-order valence-corrected chi connectivity index (χ2v) is 7.20. The second-order valence-electron chi connectivity index (χ2n) is 5.22. The first-order valence-electron chi connectivity index (χ1n) is 6.45. The number of hydrogen-bond donors (Lipinski definition) is 2. The highest BCUT2D eigenvalue weighted by atomic mass is 32.2. The predicted molar refractivity (Wildman–Crippen MR) is 87.2 cm³/mol. The molecule has 0 amide bonds. The van der Waals surface area contributed by atoms with Crippen molar-refractivity contribution in [1.29, 1.82) is 0 Å². The fourth-order valence-corrected chi connectivity index (χ4v) is 3.87. The Morgan fingerprint density at radius 3 is 2.84 bits per heavy atom. The normalized spacial score (nSPS) is 16.4. The lowest BCUT2D eigenvalue weighted by molar-refractivity contribution is 0.0822. The molecule has 0 bridgehead atoms. The first-order valence-corrected chi connectivity index (χ1v) is 8.66. The Kier molecular flexibility index (Phi) is 4.90. The van der Waals surface area contributed by atoms with Gasteiger partial charge in [0.15, 0.2) is 0 Å². The van der Waals surface area contributed by atoms with E-state index in [-0.39, 0.29) is 6.04 Å². The molecule has 2 aromatic rings. The number of aliphatic hydroxyl groups is 1. The van der Waals surface area contributed by atoms with E-state index < -0.39 is 5.60 Å². The zero-order valence-corrected chi connectivity index (χ0v) is 13.3. The van der Waals surface area contributed by atoms with Crippen LogP contribution in [-0.2, 0) is 0 Å². The van der Waals surface area contributed by atoms with Crippen LogP contribution in [0.5, 0.6) is 0 Å². The minimum Gasteiger partial charge on any atom is -0.388 e. The molecule has 0 fully saturated rings. The molecule has 0 aliphatic carbocycles. The SMILES string of the molecule is CSCC(C)(O)CNC(C)c1cc2ccccc2s1. The van der Waals surface area contributed by atoms with Crippen LogP contribution in [0.2, 0.25) is 0 Å². The minimum atomic E-state index is -0.648. The Balaban J connectivity index is 2.01. The highest BCUT2D eigenvalue weighted by molar-refractivity contribution is 7.98. The van der Waals surface area contributed by atoms with Crippen molar-refractivity contribution in [3.63, 3.8) is 0 Å². The largest absolute Gasteiger partial charge is 0.388 e. The third-order valence-electron chi connectivity index (χ3n) is 3.12. The van der Waals surface area contributed by atoms with Crippen LogP contribution in [0.15, 0.2) is 30.3 Å². The number of fused-ring (bicyclic) bond motifs is 1. The molecule has 4 heteroatoms. The van der Waals surface area contributed by atoms with Gasteiger partial charge in [-0.15, -0.1) is 11.3 Å². The molecule has 2 atom stereocenters. The molecule has 0 aliphatic rings. The molecule has 2 N–H and O–H groups in total. The summed E-state index contributed by atoms with van der Waals surface area (Å²) in [6.07, 6.45) is 2.02. The summed E-state index contributed by atoms with van der Waals surface area (Å²) in [6, 6.07) is 10.9. The smallest absolute Gasteiger partial charge is 0.0833 e. The summed E-state index contributed by atoms with van der Waals surface area (Å²) in [5.41, 5.74) is -0.648. The molecule has 0 radical (unpaired) electrons. The molecule has 1 aromatic carbocycles. The van der Waals surface area contributed by atoms with E-state index in [4.69, 9.17) is 0 Å². The topological polar surface area (TPSA) is 32.3 Å². The van der Waals surface area contributed by atoms with Crippen LogP contribution in [0.1, 0.15) is 24.8 Å². The first kappa shape index (κ1) is 14.9. The van der Waals surface area contributed by atoms with E-state index in [1.165, 1.54) is 15.0 Å². The fourth-order valence-electron chi connectivity index (χ4n) is 2.05. The van der Waals surface area contributed by atoms with Crippen LogP contribution in [0.25, 0.3) is 10.1 Å². The summed E-state index contributed by atoms with van der Waals surface area (Å²) in [6.45, 7) is 4.65. The number of thiophene rings is 1. The van der Waals surface area contributed by atoms with Gasteiger partial charge in [0.05, 0.1) is 5.60 Å². The summed E-state index contributed by atoms with van der Waals surface area (Å²) in [5, 5.41) is 14.9. The number of hydrogen-bond acceptors (Lipinski definition) is 4. The summed E-state index contributed by atoms with van der Waals surface area (Å²) in [7, 11) is 0. The highest BCUT2D eigenvalue weighted by Gasteiger charge is 2.20. The maximum absolute atomic E-state index is 10.2. The molecule has 0 saturated heterocycles. The average molecular weight is 295 g/mol. The highest BCUT2D eigenvalue weighted by Crippen LogP contribution is 2.29. The van der Waals surface area contributed by atoms with E-state index in [1.807, 2.05) is 24.5 Å². The van der Waals surface area contributed by atoms with Crippen LogP contribution in [0, 0.1) is 0 Å². The Hall–Kier alpha value is -0.550. The van der Waals surface area contributed by atoms with Crippen LogP contribution < -0.4 is 5.32 Å². The number of benzene rings is 1. The predicted octanol–water partition coefficient (Wildman–Crippen LogP) is 3.67. The van der Waals surface area contributed by atoms with Crippen molar-refractivity contribution in [1.82, 2.24) is 5.32 Å². The monoisotopic (exact) mass is 295 g/mol. The molecule has 0 spiro atoms. The van der Waals surface area contributed by atoms with Crippen molar-refractivity contribution in [2.75, 3.05) is 18.6 Å². The van der Waals surface area contributed by atoms with Crippen LogP contribution >= 0.6 is 23.1 Å². The molecule has 2 unspecified atom stereocenters.